The molecule has 4 nitrogen and oxygen atoms in total. The number of hydrogen-bond donors (Lipinski definition) is 4. The zero-order chi connectivity index (χ0) is 19.9. The van der Waals surface area contributed by atoms with E-state index >= 15 is 0 Å². The van der Waals surface area contributed by atoms with E-state index in [-0.39, 0.29) is 11.5 Å². The molecule has 0 fully saturated rings. The largest absolute Gasteiger partial charge is 0.508 e. The minimum absolute atomic E-state index is 0.0831. The highest BCUT2D eigenvalue weighted by atomic mass is 16.3. The van der Waals surface area contributed by atoms with Crippen molar-refractivity contribution < 1.29 is 20.4 Å². The Morgan fingerprint density at radius 1 is 1.08 bits per heavy atom. The third kappa shape index (κ3) is 7.63. The summed E-state index contributed by atoms with van der Waals surface area (Å²) in [5, 5.41) is 39.0. The Kier molecular flexibility index (Phi) is 8.38. The van der Waals surface area contributed by atoms with Gasteiger partial charge in [-0.05, 0) is 78.4 Å². The van der Waals surface area contributed by atoms with E-state index in [4.69, 9.17) is 0 Å². The van der Waals surface area contributed by atoms with Crippen molar-refractivity contribution in [3.05, 3.63) is 46.6 Å². The maximum absolute atomic E-state index is 9.96. The van der Waals surface area contributed by atoms with Crippen LogP contribution in [0.1, 0.15) is 64.5 Å². The number of allylic oxidation sites excluding steroid dienone is 4. The van der Waals surface area contributed by atoms with Crippen LogP contribution >= 0.6 is 0 Å². The molecule has 4 heteroatoms. The van der Waals surface area contributed by atoms with E-state index in [0.717, 1.165) is 30.4 Å². The molecule has 1 aromatic carbocycles. The van der Waals surface area contributed by atoms with E-state index in [2.05, 4.69) is 19.1 Å². The monoisotopic (exact) mass is 362 g/mol. The van der Waals surface area contributed by atoms with Crippen molar-refractivity contribution in [2.75, 3.05) is 0 Å². The van der Waals surface area contributed by atoms with Crippen LogP contribution in [0.3, 0.4) is 0 Å². The summed E-state index contributed by atoms with van der Waals surface area (Å²) in [6, 6.07) is 3.03. The van der Waals surface area contributed by atoms with Crippen LogP contribution in [0.15, 0.2) is 35.4 Å². The molecular formula is C22H34O4. The molecule has 0 saturated carbocycles. The summed E-state index contributed by atoms with van der Waals surface area (Å²) in [6.07, 6.45) is 7.40. The number of benzene rings is 1. The molecule has 0 aliphatic rings. The number of aliphatic hydroxyl groups excluding tert-OH is 1. The van der Waals surface area contributed by atoms with E-state index in [1.54, 1.807) is 19.9 Å². The predicted molar refractivity (Wildman–Crippen MR) is 106 cm³/mol. The average molecular weight is 363 g/mol. The van der Waals surface area contributed by atoms with Crippen molar-refractivity contribution in [2.45, 2.75) is 78.4 Å². The number of phenols is 2. The molecule has 0 bridgehead atoms. The molecule has 0 saturated heterocycles. The van der Waals surface area contributed by atoms with Gasteiger partial charge in [0.1, 0.15) is 11.5 Å². The molecule has 146 valence electrons. The Balaban J connectivity index is 2.48. The Hall–Kier alpha value is -1.78. The highest BCUT2D eigenvalue weighted by Crippen LogP contribution is 2.27. The normalized spacial score (nSPS) is 14.6. The van der Waals surface area contributed by atoms with Gasteiger partial charge < -0.3 is 20.4 Å². The molecule has 0 amide bonds. The third-order valence-corrected chi connectivity index (χ3v) is 4.75. The van der Waals surface area contributed by atoms with Gasteiger partial charge in [-0.1, -0.05) is 23.3 Å². The standard InChI is InChI=1S/C22H34O4/c1-15(9-11-19-17(3)13-18(23)14-20(19)24)7-6-8-16(2)10-12-21(25)22(4,5)26/h8-9,13-14,21,23-26H,6-7,10-12H2,1-5H3/t21-/m0/s1. The molecule has 1 atom stereocenters. The molecule has 0 aromatic heterocycles. The number of aliphatic hydroxyl groups is 2. The van der Waals surface area contributed by atoms with Crippen LogP contribution in [-0.2, 0) is 6.42 Å². The van der Waals surface area contributed by atoms with Crippen LogP contribution in [0.4, 0.5) is 0 Å². The minimum atomic E-state index is -1.06. The highest BCUT2D eigenvalue weighted by molar-refractivity contribution is 5.45. The molecule has 1 aromatic rings. The first-order valence-corrected chi connectivity index (χ1v) is 9.24. The molecule has 0 aliphatic heterocycles. The SMILES string of the molecule is CC(=CCc1c(C)cc(O)cc1O)CCC=C(C)CC[C@H](O)C(C)(C)O. The van der Waals surface area contributed by atoms with Gasteiger partial charge in [0.15, 0.2) is 0 Å². The van der Waals surface area contributed by atoms with Crippen LogP contribution in [0.25, 0.3) is 0 Å². The lowest BCUT2D eigenvalue weighted by Gasteiger charge is -2.24. The fraction of sp³-hybridized carbons (Fsp3) is 0.545. The number of hydrogen-bond acceptors (Lipinski definition) is 4. The lowest BCUT2D eigenvalue weighted by Crippen LogP contribution is -2.35. The molecule has 0 unspecified atom stereocenters. The van der Waals surface area contributed by atoms with Gasteiger partial charge in [0, 0.05) is 11.6 Å². The minimum Gasteiger partial charge on any atom is -0.508 e. The molecule has 0 aliphatic carbocycles. The van der Waals surface area contributed by atoms with E-state index < -0.39 is 11.7 Å². The van der Waals surface area contributed by atoms with Gasteiger partial charge in [0.05, 0.1) is 11.7 Å². The Bertz CT molecular complexity index is 628. The van der Waals surface area contributed by atoms with Crippen LogP contribution in [0, 0.1) is 6.92 Å². The molecule has 0 spiro atoms. The van der Waals surface area contributed by atoms with E-state index in [9.17, 15) is 20.4 Å². The molecular weight excluding hydrogens is 328 g/mol. The summed E-state index contributed by atoms with van der Waals surface area (Å²) >= 11 is 0. The summed E-state index contributed by atoms with van der Waals surface area (Å²) in [5.74, 6) is 0.215. The second kappa shape index (κ2) is 9.79. The van der Waals surface area contributed by atoms with Crippen LogP contribution in [0.5, 0.6) is 11.5 Å². The van der Waals surface area contributed by atoms with Gasteiger partial charge in [0.2, 0.25) is 0 Å². The first-order chi connectivity index (χ1) is 12.0. The van der Waals surface area contributed by atoms with Crippen LogP contribution in [-0.4, -0.2) is 32.1 Å². The van der Waals surface area contributed by atoms with Gasteiger partial charge >= 0.3 is 0 Å². The van der Waals surface area contributed by atoms with Crippen LogP contribution < -0.4 is 0 Å². The van der Waals surface area contributed by atoms with Crippen molar-refractivity contribution in [1.29, 1.82) is 0 Å². The number of aromatic hydroxyl groups is 2. The summed E-state index contributed by atoms with van der Waals surface area (Å²) in [4.78, 5) is 0. The van der Waals surface area contributed by atoms with Crippen molar-refractivity contribution in [3.8, 4) is 11.5 Å². The second-order valence-corrected chi connectivity index (χ2v) is 7.81. The maximum Gasteiger partial charge on any atom is 0.123 e. The first kappa shape index (κ1) is 22.3. The van der Waals surface area contributed by atoms with Crippen molar-refractivity contribution in [2.24, 2.45) is 0 Å². The average Bonchev–Trinajstić information content (AvgIpc) is 2.50. The summed E-state index contributed by atoms with van der Waals surface area (Å²) < 4.78 is 0. The molecule has 1 rings (SSSR count). The fourth-order valence-corrected chi connectivity index (χ4v) is 2.79. The Morgan fingerprint density at radius 2 is 1.69 bits per heavy atom. The fourth-order valence-electron chi connectivity index (χ4n) is 2.79. The Labute approximate surface area is 157 Å². The topological polar surface area (TPSA) is 80.9 Å². The van der Waals surface area contributed by atoms with Gasteiger partial charge in [0.25, 0.3) is 0 Å². The summed E-state index contributed by atoms with van der Waals surface area (Å²) in [5.41, 5.74) is 3.13. The van der Waals surface area contributed by atoms with E-state index in [1.807, 2.05) is 13.8 Å². The quantitative estimate of drug-likeness (QED) is 0.486. The van der Waals surface area contributed by atoms with Gasteiger partial charge in [-0.2, -0.15) is 0 Å². The molecule has 4 N–H and O–H groups in total. The van der Waals surface area contributed by atoms with Crippen molar-refractivity contribution in [3.63, 3.8) is 0 Å². The van der Waals surface area contributed by atoms with Gasteiger partial charge in [-0.15, -0.1) is 0 Å². The number of phenolic OH excluding ortho intramolecular Hbond substituents is 2. The predicted octanol–water partition coefficient (Wildman–Crippen LogP) is 4.53. The highest BCUT2D eigenvalue weighted by Gasteiger charge is 2.23. The zero-order valence-electron chi connectivity index (χ0n) is 16.7. The molecule has 0 heterocycles. The lowest BCUT2D eigenvalue weighted by atomic mass is 9.95. The van der Waals surface area contributed by atoms with E-state index in [1.165, 1.54) is 17.2 Å². The van der Waals surface area contributed by atoms with E-state index in [0.29, 0.717) is 12.8 Å². The van der Waals surface area contributed by atoms with Gasteiger partial charge in [-0.25, -0.2) is 0 Å². The summed E-state index contributed by atoms with van der Waals surface area (Å²) in [6.45, 7) is 9.26. The molecule has 26 heavy (non-hydrogen) atoms. The Morgan fingerprint density at radius 3 is 2.27 bits per heavy atom. The third-order valence-electron chi connectivity index (χ3n) is 4.75. The number of aryl methyl sites for hydroxylation is 1. The second-order valence-electron chi connectivity index (χ2n) is 7.81. The van der Waals surface area contributed by atoms with Crippen LogP contribution in [0.2, 0.25) is 0 Å². The van der Waals surface area contributed by atoms with Crippen molar-refractivity contribution in [1.82, 2.24) is 0 Å². The number of rotatable bonds is 9. The molecule has 0 radical (unpaired) electrons. The maximum atomic E-state index is 9.96. The first-order valence-electron chi connectivity index (χ1n) is 9.24. The lowest BCUT2D eigenvalue weighted by molar-refractivity contribution is -0.0509. The smallest absolute Gasteiger partial charge is 0.123 e. The van der Waals surface area contributed by atoms with Gasteiger partial charge in [-0.3, -0.25) is 0 Å². The van der Waals surface area contributed by atoms with Crippen molar-refractivity contribution >= 4 is 0 Å². The zero-order valence-corrected chi connectivity index (χ0v) is 16.7. The summed E-state index contributed by atoms with van der Waals surface area (Å²) in [7, 11) is 0.